The number of nitrogens with zero attached hydrogens (tertiary/aromatic N) is 1. The van der Waals surface area contributed by atoms with Crippen LogP contribution in [-0.2, 0) is 14.8 Å². The lowest BCUT2D eigenvalue weighted by Gasteiger charge is -2.36. The summed E-state index contributed by atoms with van der Waals surface area (Å²) in [7, 11) is -3.72. The van der Waals surface area contributed by atoms with Crippen molar-refractivity contribution in [3.8, 4) is 0 Å². The van der Waals surface area contributed by atoms with Crippen LogP contribution in [0.25, 0.3) is 0 Å². The second-order valence-corrected chi connectivity index (χ2v) is 7.31. The van der Waals surface area contributed by atoms with Crippen molar-refractivity contribution in [3.05, 3.63) is 23.3 Å². The molecule has 1 heterocycles. The minimum atomic E-state index is -3.72. The van der Waals surface area contributed by atoms with Crippen molar-refractivity contribution in [2.75, 3.05) is 25.5 Å². The van der Waals surface area contributed by atoms with E-state index < -0.39 is 16.1 Å². The Morgan fingerprint density at radius 1 is 1.43 bits per heavy atom. The van der Waals surface area contributed by atoms with Gasteiger partial charge in [0.05, 0.1) is 25.0 Å². The molecular formula is C14H22N2O4S. The van der Waals surface area contributed by atoms with Crippen LogP contribution in [0, 0.1) is 13.8 Å². The number of aryl methyl sites for hydroxylation is 1. The van der Waals surface area contributed by atoms with Crippen LogP contribution in [0.3, 0.4) is 0 Å². The van der Waals surface area contributed by atoms with Crippen LogP contribution in [-0.4, -0.2) is 49.7 Å². The van der Waals surface area contributed by atoms with Gasteiger partial charge in [-0.1, -0.05) is 6.07 Å². The normalized spacial score (nSPS) is 24.2. The molecule has 0 amide bonds. The van der Waals surface area contributed by atoms with E-state index in [-0.39, 0.29) is 36.4 Å². The van der Waals surface area contributed by atoms with Crippen molar-refractivity contribution in [3.63, 3.8) is 0 Å². The lowest BCUT2D eigenvalue weighted by Crippen LogP contribution is -2.52. The summed E-state index contributed by atoms with van der Waals surface area (Å²) in [6, 6.07) is 3.13. The fourth-order valence-electron chi connectivity index (χ4n) is 2.51. The zero-order chi connectivity index (χ0) is 15.8. The number of hydrogen-bond donors (Lipinski definition) is 2. The SMILES string of the molecule is Cc1ccc(N)c(S(=O)(=O)N2CC(CO)OCC2C)c1C. The van der Waals surface area contributed by atoms with E-state index in [1.54, 1.807) is 19.9 Å². The third-order valence-corrected chi connectivity index (χ3v) is 6.11. The van der Waals surface area contributed by atoms with E-state index >= 15 is 0 Å². The van der Waals surface area contributed by atoms with E-state index in [1.807, 2.05) is 13.0 Å². The monoisotopic (exact) mass is 314 g/mol. The quantitative estimate of drug-likeness (QED) is 0.799. The van der Waals surface area contributed by atoms with Gasteiger partial charge < -0.3 is 15.6 Å². The van der Waals surface area contributed by atoms with Gasteiger partial charge in [-0.15, -0.1) is 0 Å². The predicted octanol–water partition coefficient (Wildman–Crippen LogP) is 0.656. The van der Waals surface area contributed by atoms with Crippen LogP contribution in [0.5, 0.6) is 0 Å². The van der Waals surface area contributed by atoms with E-state index in [0.29, 0.717) is 5.56 Å². The molecule has 0 saturated carbocycles. The molecule has 7 heteroatoms. The summed E-state index contributed by atoms with van der Waals surface area (Å²) in [5.74, 6) is 0. The minimum Gasteiger partial charge on any atom is -0.398 e. The van der Waals surface area contributed by atoms with Gasteiger partial charge in [0.1, 0.15) is 4.90 Å². The fourth-order valence-corrected chi connectivity index (χ4v) is 4.55. The van der Waals surface area contributed by atoms with Crippen LogP contribution < -0.4 is 5.73 Å². The van der Waals surface area contributed by atoms with Crippen LogP contribution >= 0.6 is 0 Å². The molecule has 0 radical (unpaired) electrons. The van der Waals surface area contributed by atoms with Crippen LogP contribution in [0.2, 0.25) is 0 Å². The Bertz CT molecular complexity index is 630. The molecule has 6 nitrogen and oxygen atoms in total. The lowest BCUT2D eigenvalue weighted by atomic mass is 10.1. The summed E-state index contributed by atoms with van der Waals surface area (Å²) in [6.45, 7) is 5.58. The molecule has 2 rings (SSSR count). The van der Waals surface area contributed by atoms with Crippen molar-refractivity contribution in [1.29, 1.82) is 0 Å². The number of nitrogens with two attached hydrogens (primary N) is 1. The first-order chi connectivity index (χ1) is 9.78. The van der Waals surface area contributed by atoms with Gasteiger partial charge in [-0.25, -0.2) is 8.42 Å². The number of rotatable bonds is 3. The number of aliphatic hydroxyl groups is 1. The first kappa shape index (κ1) is 16.2. The standard InChI is InChI=1S/C14H22N2O4S/c1-9-4-5-13(15)14(11(9)3)21(18,19)16-6-12(7-17)20-8-10(16)2/h4-5,10,12,17H,6-8,15H2,1-3H3. The molecule has 118 valence electrons. The third-order valence-electron chi connectivity index (χ3n) is 3.93. The predicted molar refractivity (Wildman–Crippen MR) is 80.5 cm³/mol. The van der Waals surface area contributed by atoms with Gasteiger partial charge in [0, 0.05) is 12.6 Å². The number of benzene rings is 1. The molecule has 21 heavy (non-hydrogen) atoms. The highest BCUT2D eigenvalue weighted by Crippen LogP contribution is 2.30. The highest BCUT2D eigenvalue weighted by Gasteiger charge is 2.37. The highest BCUT2D eigenvalue weighted by atomic mass is 32.2. The Hall–Kier alpha value is -1.15. The fraction of sp³-hybridized carbons (Fsp3) is 0.571. The van der Waals surface area contributed by atoms with E-state index in [4.69, 9.17) is 10.5 Å². The van der Waals surface area contributed by atoms with E-state index in [2.05, 4.69) is 0 Å². The maximum Gasteiger partial charge on any atom is 0.245 e. The van der Waals surface area contributed by atoms with Crippen LogP contribution in [0.4, 0.5) is 5.69 Å². The minimum absolute atomic E-state index is 0.132. The largest absolute Gasteiger partial charge is 0.398 e. The average Bonchev–Trinajstić information content (AvgIpc) is 2.43. The summed E-state index contributed by atoms with van der Waals surface area (Å²) >= 11 is 0. The summed E-state index contributed by atoms with van der Waals surface area (Å²) in [6.07, 6.45) is -0.498. The van der Waals surface area contributed by atoms with E-state index in [0.717, 1.165) is 5.56 Å². The second kappa shape index (κ2) is 5.92. The number of nitrogen functional groups attached to an aromatic ring is 1. The maximum atomic E-state index is 13.0. The van der Waals surface area contributed by atoms with Crippen molar-refractivity contribution in [1.82, 2.24) is 4.31 Å². The molecule has 0 bridgehead atoms. The topological polar surface area (TPSA) is 92.9 Å². The second-order valence-electron chi connectivity index (χ2n) is 5.49. The smallest absolute Gasteiger partial charge is 0.245 e. The zero-order valence-corrected chi connectivity index (χ0v) is 13.4. The molecule has 2 atom stereocenters. The molecule has 1 aromatic carbocycles. The first-order valence-electron chi connectivity index (χ1n) is 6.89. The zero-order valence-electron chi connectivity index (χ0n) is 12.5. The van der Waals surface area contributed by atoms with Crippen molar-refractivity contribution < 1.29 is 18.3 Å². The number of aliphatic hydroxyl groups excluding tert-OH is 1. The number of hydrogen-bond acceptors (Lipinski definition) is 5. The number of morpholine rings is 1. The van der Waals surface area contributed by atoms with Gasteiger partial charge in [-0.05, 0) is 38.0 Å². The Morgan fingerprint density at radius 3 is 2.71 bits per heavy atom. The molecular weight excluding hydrogens is 292 g/mol. The number of ether oxygens (including phenoxy) is 1. The Morgan fingerprint density at radius 2 is 2.10 bits per heavy atom. The number of sulfonamides is 1. The Balaban J connectivity index is 2.49. The van der Waals surface area contributed by atoms with Gasteiger partial charge in [0.2, 0.25) is 10.0 Å². The van der Waals surface area contributed by atoms with E-state index in [9.17, 15) is 13.5 Å². The molecule has 2 unspecified atom stereocenters. The summed E-state index contributed by atoms with van der Waals surface area (Å²) in [4.78, 5) is 0.160. The van der Waals surface area contributed by atoms with Gasteiger partial charge in [-0.3, -0.25) is 0 Å². The molecule has 0 spiro atoms. The molecule has 1 aromatic rings. The molecule has 1 saturated heterocycles. The van der Waals surface area contributed by atoms with Gasteiger partial charge in [0.15, 0.2) is 0 Å². The Labute approximate surface area is 125 Å². The van der Waals surface area contributed by atoms with Gasteiger partial charge in [-0.2, -0.15) is 4.31 Å². The Kier molecular flexibility index (Phi) is 4.57. The van der Waals surface area contributed by atoms with Gasteiger partial charge >= 0.3 is 0 Å². The molecule has 1 fully saturated rings. The molecule has 0 aliphatic carbocycles. The van der Waals surface area contributed by atoms with Crippen molar-refractivity contribution >= 4 is 15.7 Å². The first-order valence-corrected chi connectivity index (χ1v) is 8.33. The molecule has 0 aromatic heterocycles. The summed E-state index contributed by atoms with van der Waals surface area (Å²) in [5, 5.41) is 9.21. The van der Waals surface area contributed by atoms with Crippen LogP contribution in [0.1, 0.15) is 18.1 Å². The highest BCUT2D eigenvalue weighted by molar-refractivity contribution is 7.89. The summed E-state index contributed by atoms with van der Waals surface area (Å²) in [5.41, 5.74) is 7.70. The van der Waals surface area contributed by atoms with Crippen molar-refractivity contribution in [2.24, 2.45) is 0 Å². The molecule has 1 aliphatic heterocycles. The summed E-state index contributed by atoms with van der Waals surface area (Å²) < 4.78 is 32.7. The van der Waals surface area contributed by atoms with Crippen LogP contribution in [0.15, 0.2) is 17.0 Å². The number of anilines is 1. The van der Waals surface area contributed by atoms with Gasteiger partial charge in [0.25, 0.3) is 0 Å². The lowest BCUT2D eigenvalue weighted by molar-refractivity contribution is -0.0516. The molecule has 1 aliphatic rings. The van der Waals surface area contributed by atoms with Crippen molar-refractivity contribution in [2.45, 2.75) is 37.8 Å². The van der Waals surface area contributed by atoms with E-state index in [1.165, 1.54) is 4.31 Å². The third kappa shape index (κ3) is 2.91. The maximum absolute atomic E-state index is 13.0. The average molecular weight is 314 g/mol. The molecule has 3 N–H and O–H groups in total.